The van der Waals surface area contributed by atoms with Crippen molar-refractivity contribution in [2.24, 2.45) is 0 Å². The molecule has 3 nitrogen and oxygen atoms in total. The van der Waals surface area contributed by atoms with E-state index >= 15 is 0 Å². The molecular weight excluding hydrogens is 331 g/mol. The zero-order valence-corrected chi connectivity index (χ0v) is 16.9. The maximum Gasteiger partial charge on any atom is 0.188 e. The first-order valence-electron chi connectivity index (χ1n) is 8.44. The number of Topliss-reactive ketones (excluding diaryl/α,β-unsaturated/α-hetero) is 1. The van der Waals surface area contributed by atoms with Crippen LogP contribution in [0.1, 0.15) is 52.1 Å². The summed E-state index contributed by atoms with van der Waals surface area (Å²) in [4.78, 5) is 12.0. The minimum atomic E-state index is 0.120. The van der Waals surface area contributed by atoms with Crippen molar-refractivity contribution in [2.75, 3.05) is 13.9 Å². The molecule has 0 aliphatic heterocycles. The summed E-state index contributed by atoms with van der Waals surface area (Å²) >= 11 is 0. The summed E-state index contributed by atoms with van der Waals surface area (Å²) in [7, 11) is 2.12. The first-order valence-corrected chi connectivity index (χ1v) is 9.52. The van der Waals surface area contributed by atoms with Crippen molar-refractivity contribution in [1.82, 2.24) is 0 Å². The molecule has 0 N–H and O–H groups in total. The molecule has 134 valence electrons. The molecule has 0 bridgehead atoms. The van der Waals surface area contributed by atoms with Gasteiger partial charge in [-0.1, -0.05) is 50.9 Å². The van der Waals surface area contributed by atoms with Crippen molar-refractivity contribution in [1.29, 1.82) is 0 Å². The lowest BCUT2D eigenvalue weighted by Gasteiger charge is -2.21. The summed E-state index contributed by atoms with van der Waals surface area (Å²) in [6.45, 7) is 10.2. The topological polar surface area (TPSA) is 35.5 Å². The van der Waals surface area contributed by atoms with Crippen LogP contribution in [0.3, 0.4) is 0 Å². The monoisotopic (exact) mass is 358 g/mol. The molecule has 0 aromatic heterocycles. The Hall–Kier alpha value is -1.70. The summed E-state index contributed by atoms with van der Waals surface area (Å²) in [6, 6.07) is 10.4. The average molecular weight is 358 g/mol. The minimum absolute atomic E-state index is 0.120. The summed E-state index contributed by atoms with van der Waals surface area (Å²) in [5, 5.41) is 1.11. The van der Waals surface area contributed by atoms with Crippen LogP contribution < -0.4 is 10.0 Å². The van der Waals surface area contributed by atoms with Crippen LogP contribution in [0, 0.1) is 20.8 Å². The predicted octanol–water partition coefficient (Wildman–Crippen LogP) is 4.86. The van der Waals surface area contributed by atoms with E-state index in [4.69, 9.17) is 9.47 Å². The molecule has 25 heavy (non-hydrogen) atoms. The lowest BCUT2D eigenvalue weighted by atomic mass is 10.0. The first-order chi connectivity index (χ1) is 11.8. The van der Waals surface area contributed by atoms with E-state index in [-0.39, 0.29) is 18.2 Å². The number of benzene rings is 2. The normalized spacial score (nSPS) is 12.6. The SMILES string of the molecule is COCOc1c(C)cc(C)cc1C(C)Pc1ccc(C)cc1C(C)=O. The maximum absolute atomic E-state index is 12.0. The number of aryl methyl sites for hydroxylation is 3. The third-order valence-electron chi connectivity index (χ3n) is 4.16. The van der Waals surface area contributed by atoms with Crippen molar-refractivity contribution in [2.45, 2.75) is 40.3 Å². The molecule has 2 rings (SSSR count). The molecule has 0 aliphatic rings. The van der Waals surface area contributed by atoms with Crippen molar-refractivity contribution in [3.63, 3.8) is 0 Å². The van der Waals surface area contributed by atoms with Gasteiger partial charge >= 0.3 is 0 Å². The molecule has 0 spiro atoms. The fraction of sp³-hybridized carbons (Fsp3) is 0.381. The Morgan fingerprint density at radius 3 is 2.48 bits per heavy atom. The number of carbonyl (C=O) groups excluding carboxylic acids is 1. The van der Waals surface area contributed by atoms with Gasteiger partial charge < -0.3 is 9.47 Å². The Morgan fingerprint density at radius 1 is 1.12 bits per heavy atom. The van der Waals surface area contributed by atoms with Crippen LogP contribution in [-0.2, 0) is 4.74 Å². The zero-order valence-electron chi connectivity index (χ0n) is 15.9. The molecule has 0 amide bonds. The lowest BCUT2D eigenvalue weighted by molar-refractivity contribution is 0.0499. The van der Waals surface area contributed by atoms with Crippen LogP contribution in [0.15, 0.2) is 30.3 Å². The molecule has 0 aliphatic carbocycles. The Balaban J connectivity index is 2.38. The van der Waals surface area contributed by atoms with E-state index in [0.717, 1.165) is 27.7 Å². The average Bonchev–Trinajstić information content (AvgIpc) is 2.54. The number of rotatable bonds is 7. The van der Waals surface area contributed by atoms with Crippen molar-refractivity contribution in [3.05, 3.63) is 58.1 Å². The highest BCUT2D eigenvalue weighted by molar-refractivity contribution is 7.47. The van der Waals surface area contributed by atoms with Crippen LogP contribution in [0.5, 0.6) is 5.75 Å². The molecule has 0 saturated carbocycles. The number of ether oxygens (including phenoxy) is 2. The largest absolute Gasteiger partial charge is 0.467 e. The van der Waals surface area contributed by atoms with Crippen molar-refractivity contribution >= 4 is 19.7 Å². The number of carbonyl (C=O) groups is 1. The Morgan fingerprint density at radius 2 is 1.84 bits per heavy atom. The zero-order chi connectivity index (χ0) is 18.6. The van der Waals surface area contributed by atoms with E-state index in [1.54, 1.807) is 14.0 Å². The fourth-order valence-electron chi connectivity index (χ4n) is 3.01. The third-order valence-corrected chi connectivity index (χ3v) is 5.65. The highest BCUT2D eigenvalue weighted by Gasteiger charge is 2.18. The van der Waals surface area contributed by atoms with Gasteiger partial charge in [-0.25, -0.2) is 0 Å². The second kappa shape index (κ2) is 8.60. The van der Waals surface area contributed by atoms with Crippen LogP contribution in [0.2, 0.25) is 0 Å². The van der Waals surface area contributed by atoms with Crippen molar-refractivity contribution < 1.29 is 14.3 Å². The van der Waals surface area contributed by atoms with Crippen LogP contribution in [0.4, 0.5) is 0 Å². The van der Waals surface area contributed by atoms with Gasteiger partial charge in [-0.3, -0.25) is 4.79 Å². The van der Waals surface area contributed by atoms with Gasteiger partial charge in [0, 0.05) is 23.9 Å². The highest BCUT2D eigenvalue weighted by atomic mass is 31.1. The maximum atomic E-state index is 12.0. The number of hydrogen-bond acceptors (Lipinski definition) is 3. The quantitative estimate of drug-likeness (QED) is 0.403. The van der Waals surface area contributed by atoms with E-state index in [1.165, 1.54) is 11.1 Å². The van der Waals surface area contributed by atoms with E-state index in [1.807, 2.05) is 13.0 Å². The van der Waals surface area contributed by atoms with Gasteiger partial charge in [0.25, 0.3) is 0 Å². The van der Waals surface area contributed by atoms with E-state index in [9.17, 15) is 4.79 Å². The molecule has 0 radical (unpaired) electrons. The van der Waals surface area contributed by atoms with Crippen LogP contribution in [-0.4, -0.2) is 19.7 Å². The van der Waals surface area contributed by atoms with Crippen LogP contribution >= 0.6 is 8.58 Å². The molecule has 0 fully saturated rings. The summed E-state index contributed by atoms with van der Waals surface area (Å²) in [5.74, 6) is 1.01. The van der Waals surface area contributed by atoms with Gasteiger partial charge in [-0.2, -0.15) is 0 Å². The fourth-order valence-corrected chi connectivity index (χ4v) is 4.43. The van der Waals surface area contributed by atoms with Crippen molar-refractivity contribution in [3.8, 4) is 5.75 Å². The molecular formula is C21H27O3P. The summed E-state index contributed by atoms with van der Waals surface area (Å²) < 4.78 is 10.9. The Bertz CT molecular complexity index is 768. The smallest absolute Gasteiger partial charge is 0.188 e. The number of ketones is 1. The van der Waals surface area contributed by atoms with Gasteiger partial charge in [-0.05, 0) is 44.6 Å². The molecule has 2 aromatic carbocycles. The van der Waals surface area contributed by atoms with E-state index in [2.05, 4.69) is 45.0 Å². The molecule has 0 saturated heterocycles. The standard InChI is InChI=1S/C21H27O3P/c1-13-7-8-20(18(10-13)16(4)22)25-17(5)19-11-14(2)9-15(3)21(19)24-12-23-6/h7-11,17,25H,12H2,1-6H3. The predicted molar refractivity (Wildman–Crippen MR) is 106 cm³/mol. The third kappa shape index (κ3) is 4.90. The molecule has 2 unspecified atom stereocenters. The summed E-state index contributed by atoms with van der Waals surface area (Å²) in [6.07, 6.45) is 0. The highest BCUT2D eigenvalue weighted by Crippen LogP contribution is 2.41. The lowest BCUT2D eigenvalue weighted by Crippen LogP contribution is -2.11. The molecule has 0 heterocycles. The number of methoxy groups -OCH3 is 1. The van der Waals surface area contributed by atoms with E-state index < -0.39 is 0 Å². The van der Waals surface area contributed by atoms with Gasteiger partial charge in [0.1, 0.15) is 5.75 Å². The van der Waals surface area contributed by atoms with Gasteiger partial charge in [-0.15, -0.1) is 0 Å². The van der Waals surface area contributed by atoms with E-state index in [0.29, 0.717) is 8.58 Å². The van der Waals surface area contributed by atoms with Gasteiger partial charge in [0.15, 0.2) is 12.6 Å². The van der Waals surface area contributed by atoms with Crippen LogP contribution in [0.25, 0.3) is 0 Å². The number of hydrogen-bond donors (Lipinski definition) is 0. The van der Waals surface area contributed by atoms with Gasteiger partial charge in [0.2, 0.25) is 0 Å². The molecule has 2 atom stereocenters. The summed E-state index contributed by atoms with van der Waals surface area (Å²) in [5.41, 5.74) is 5.69. The minimum Gasteiger partial charge on any atom is -0.467 e. The second-order valence-corrected chi connectivity index (χ2v) is 8.22. The van der Waals surface area contributed by atoms with Gasteiger partial charge in [0.05, 0.1) is 0 Å². The molecule has 2 aromatic rings. The molecule has 4 heteroatoms. The second-order valence-electron chi connectivity index (χ2n) is 6.52. The Labute approximate surface area is 152 Å². The Kier molecular flexibility index (Phi) is 6.75. The first kappa shape index (κ1) is 19.6.